The van der Waals surface area contributed by atoms with Crippen molar-refractivity contribution >= 4 is 11.9 Å². The maximum atomic E-state index is 12.0. The molecular weight excluding hydrogens is 404 g/mol. The third kappa shape index (κ3) is 11.6. The standard InChI is InChI=1S/C26H46N2O4/c1-18(2)14-31-23(29)10-20(5)27-17-26(9)13-22(12-25(7,8)16-26)28-21(6)11-24(30)32-15-19(3)4/h10-11,18-19,22,27-28H,12-17H2,1-9H3. The van der Waals surface area contributed by atoms with Crippen LogP contribution in [0.15, 0.2) is 23.5 Å². The first-order valence-corrected chi connectivity index (χ1v) is 11.9. The monoisotopic (exact) mass is 450 g/mol. The van der Waals surface area contributed by atoms with E-state index in [2.05, 4.69) is 31.4 Å². The van der Waals surface area contributed by atoms with Crippen LogP contribution in [0.5, 0.6) is 0 Å². The summed E-state index contributed by atoms with van der Waals surface area (Å²) in [6.45, 7) is 20.4. The predicted octanol–water partition coefficient (Wildman–Crippen LogP) is 4.96. The first-order chi connectivity index (χ1) is 14.7. The molecule has 6 nitrogen and oxygen atoms in total. The molecule has 1 aliphatic rings. The topological polar surface area (TPSA) is 76.7 Å². The van der Waals surface area contributed by atoms with Gasteiger partial charge in [0.15, 0.2) is 0 Å². The summed E-state index contributed by atoms with van der Waals surface area (Å²) in [5.74, 6) is 0.0429. The summed E-state index contributed by atoms with van der Waals surface area (Å²) in [5, 5.41) is 6.97. The van der Waals surface area contributed by atoms with Gasteiger partial charge in [0.25, 0.3) is 0 Å². The van der Waals surface area contributed by atoms with Gasteiger partial charge in [0.2, 0.25) is 0 Å². The van der Waals surface area contributed by atoms with Crippen molar-refractivity contribution in [2.75, 3.05) is 19.8 Å². The molecule has 2 unspecified atom stereocenters. The van der Waals surface area contributed by atoms with E-state index in [0.29, 0.717) is 25.0 Å². The Bertz CT molecular complexity index is 694. The van der Waals surface area contributed by atoms with Gasteiger partial charge in [-0.3, -0.25) is 0 Å². The van der Waals surface area contributed by atoms with E-state index in [9.17, 15) is 9.59 Å². The minimum absolute atomic E-state index is 0.0504. The summed E-state index contributed by atoms with van der Waals surface area (Å²) in [4.78, 5) is 24.0. The van der Waals surface area contributed by atoms with Gasteiger partial charge in [-0.1, -0.05) is 48.5 Å². The summed E-state index contributed by atoms with van der Waals surface area (Å²) in [5.41, 5.74) is 1.87. The summed E-state index contributed by atoms with van der Waals surface area (Å²) < 4.78 is 10.5. The normalized spacial score (nSPS) is 23.8. The second-order valence-corrected chi connectivity index (χ2v) is 11.5. The van der Waals surface area contributed by atoms with Gasteiger partial charge in [-0.25, -0.2) is 9.59 Å². The zero-order chi connectivity index (χ0) is 24.5. The lowest BCUT2D eigenvalue weighted by molar-refractivity contribution is -0.139. The molecule has 0 radical (unpaired) electrons. The fraction of sp³-hybridized carbons (Fsp3) is 0.769. The van der Waals surface area contributed by atoms with Crippen LogP contribution in [-0.2, 0) is 19.1 Å². The summed E-state index contributed by atoms with van der Waals surface area (Å²) in [6, 6.07) is 0.264. The van der Waals surface area contributed by atoms with Crippen molar-refractivity contribution in [1.29, 1.82) is 0 Å². The molecule has 2 N–H and O–H groups in total. The first-order valence-electron chi connectivity index (χ1n) is 11.9. The Labute approximate surface area is 195 Å². The van der Waals surface area contributed by atoms with Crippen LogP contribution in [0.1, 0.15) is 81.6 Å². The van der Waals surface area contributed by atoms with Gasteiger partial charge in [0.05, 0.1) is 13.2 Å². The number of nitrogens with one attached hydrogen (secondary N) is 2. The number of carbonyl (C=O) groups is 2. The highest BCUT2D eigenvalue weighted by atomic mass is 16.5. The predicted molar refractivity (Wildman–Crippen MR) is 130 cm³/mol. The number of allylic oxidation sites excluding steroid dienone is 2. The smallest absolute Gasteiger partial charge is 0.332 e. The van der Waals surface area contributed by atoms with Crippen LogP contribution in [0.3, 0.4) is 0 Å². The van der Waals surface area contributed by atoms with Crippen LogP contribution < -0.4 is 10.6 Å². The van der Waals surface area contributed by atoms with Gasteiger partial charge in [-0.2, -0.15) is 0 Å². The van der Waals surface area contributed by atoms with Crippen molar-refractivity contribution in [3.05, 3.63) is 23.5 Å². The van der Waals surface area contributed by atoms with Gasteiger partial charge in [-0.05, 0) is 55.8 Å². The molecule has 0 aromatic carbocycles. The number of hydrogen-bond acceptors (Lipinski definition) is 6. The van der Waals surface area contributed by atoms with Gasteiger partial charge in [0.1, 0.15) is 0 Å². The molecule has 0 aromatic heterocycles. The van der Waals surface area contributed by atoms with E-state index in [1.807, 2.05) is 41.5 Å². The Morgan fingerprint density at radius 2 is 1.41 bits per heavy atom. The molecule has 0 aromatic rings. The maximum Gasteiger partial charge on any atom is 0.332 e. The fourth-order valence-corrected chi connectivity index (χ4v) is 4.57. The number of carbonyl (C=O) groups excluding carboxylic acids is 2. The van der Waals surface area contributed by atoms with E-state index >= 15 is 0 Å². The lowest BCUT2D eigenvalue weighted by atomic mass is 9.62. The van der Waals surface area contributed by atoms with E-state index in [4.69, 9.17) is 9.47 Å². The molecule has 32 heavy (non-hydrogen) atoms. The van der Waals surface area contributed by atoms with Gasteiger partial charge in [-0.15, -0.1) is 0 Å². The Morgan fingerprint density at radius 1 is 0.906 bits per heavy atom. The molecule has 0 amide bonds. The molecule has 0 saturated heterocycles. The van der Waals surface area contributed by atoms with Gasteiger partial charge >= 0.3 is 11.9 Å². The molecule has 0 bridgehead atoms. The van der Waals surface area contributed by atoms with Crippen molar-refractivity contribution in [2.24, 2.45) is 22.7 Å². The summed E-state index contributed by atoms with van der Waals surface area (Å²) in [6.07, 6.45) is 6.17. The van der Waals surface area contributed by atoms with Crippen LogP contribution in [-0.4, -0.2) is 37.7 Å². The minimum Gasteiger partial charge on any atom is -0.462 e. The SMILES string of the molecule is CC(=CC(=O)OCC(C)C)NCC1(C)CC(NC(C)=CC(=O)OCC(C)C)CC(C)(C)C1. The highest BCUT2D eigenvalue weighted by Gasteiger charge is 2.41. The number of esters is 2. The number of hydrogen-bond donors (Lipinski definition) is 2. The highest BCUT2D eigenvalue weighted by molar-refractivity contribution is 5.83. The molecule has 0 aliphatic heterocycles. The Balaban J connectivity index is 2.70. The molecule has 0 heterocycles. The Kier molecular flexibility index (Phi) is 10.8. The lowest BCUT2D eigenvalue weighted by Crippen LogP contribution is -2.48. The van der Waals surface area contributed by atoms with Gasteiger partial charge < -0.3 is 20.1 Å². The quantitative estimate of drug-likeness (QED) is 0.342. The third-order valence-electron chi connectivity index (χ3n) is 5.46. The summed E-state index contributed by atoms with van der Waals surface area (Å²) >= 11 is 0. The average molecular weight is 451 g/mol. The molecule has 184 valence electrons. The van der Waals surface area contributed by atoms with Crippen LogP contribution in [0, 0.1) is 22.7 Å². The van der Waals surface area contributed by atoms with E-state index < -0.39 is 0 Å². The van der Waals surface area contributed by atoms with Gasteiger partial charge in [0, 0.05) is 36.1 Å². The molecule has 6 heteroatoms. The van der Waals surface area contributed by atoms with Crippen LogP contribution >= 0.6 is 0 Å². The highest BCUT2D eigenvalue weighted by Crippen LogP contribution is 2.46. The van der Waals surface area contributed by atoms with E-state index in [-0.39, 0.29) is 28.8 Å². The van der Waals surface area contributed by atoms with Crippen LogP contribution in [0.25, 0.3) is 0 Å². The number of rotatable bonds is 11. The second kappa shape index (κ2) is 12.3. The van der Waals surface area contributed by atoms with E-state index in [1.54, 1.807) is 6.08 Å². The molecule has 1 rings (SSSR count). The largest absolute Gasteiger partial charge is 0.462 e. The molecule has 2 atom stereocenters. The average Bonchev–Trinajstić information content (AvgIpc) is 2.61. The van der Waals surface area contributed by atoms with E-state index in [0.717, 1.165) is 37.2 Å². The zero-order valence-corrected chi connectivity index (χ0v) is 21.8. The zero-order valence-electron chi connectivity index (χ0n) is 21.8. The van der Waals surface area contributed by atoms with Crippen molar-refractivity contribution < 1.29 is 19.1 Å². The maximum absolute atomic E-state index is 12.0. The van der Waals surface area contributed by atoms with Crippen molar-refractivity contribution in [1.82, 2.24) is 10.6 Å². The van der Waals surface area contributed by atoms with Crippen molar-refractivity contribution in [2.45, 2.75) is 87.6 Å². The second-order valence-electron chi connectivity index (χ2n) is 11.5. The minimum atomic E-state index is -0.303. The van der Waals surface area contributed by atoms with Crippen molar-refractivity contribution in [3.63, 3.8) is 0 Å². The Hall–Kier alpha value is -1.98. The van der Waals surface area contributed by atoms with E-state index in [1.165, 1.54) is 6.08 Å². The first kappa shape index (κ1) is 28.1. The molecule has 0 spiro atoms. The molecule has 1 aliphatic carbocycles. The fourth-order valence-electron chi connectivity index (χ4n) is 4.57. The molecule has 1 fully saturated rings. The number of ether oxygens (including phenoxy) is 2. The van der Waals surface area contributed by atoms with Crippen molar-refractivity contribution in [3.8, 4) is 0 Å². The van der Waals surface area contributed by atoms with Crippen LogP contribution in [0.2, 0.25) is 0 Å². The molecule has 1 saturated carbocycles. The lowest BCUT2D eigenvalue weighted by Gasteiger charge is -2.47. The molecular formula is C26H46N2O4. The summed E-state index contributed by atoms with van der Waals surface area (Å²) in [7, 11) is 0. The Morgan fingerprint density at radius 3 is 1.91 bits per heavy atom. The van der Waals surface area contributed by atoms with Crippen LogP contribution in [0.4, 0.5) is 0 Å². The third-order valence-corrected chi connectivity index (χ3v) is 5.46.